The van der Waals surface area contributed by atoms with Crippen molar-refractivity contribution in [1.29, 1.82) is 0 Å². The SMILES string of the molecule is COc1cc2c(cc1OC)C(CCN1CCN(c3ccc(F)cc3)CC1)OCC(C)(C)C2.Cl. The van der Waals surface area contributed by atoms with E-state index < -0.39 is 0 Å². The Bertz CT molecular complexity index is 914. The van der Waals surface area contributed by atoms with Crippen LogP contribution in [0.4, 0.5) is 10.1 Å². The van der Waals surface area contributed by atoms with Gasteiger partial charge in [-0.1, -0.05) is 13.8 Å². The number of halogens is 2. The maximum atomic E-state index is 13.2. The average molecular weight is 479 g/mol. The lowest BCUT2D eigenvalue weighted by Gasteiger charge is -2.36. The van der Waals surface area contributed by atoms with Gasteiger partial charge in [-0.3, -0.25) is 4.90 Å². The molecule has 182 valence electrons. The fourth-order valence-corrected chi connectivity index (χ4v) is 4.79. The zero-order valence-corrected chi connectivity index (χ0v) is 20.9. The van der Waals surface area contributed by atoms with Crippen LogP contribution in [0.25, 0.3) is 0 Å². The molecule has 7 heteroatoms. The third-order valence-electron chi connectivity index (χ3n) is 6.61. The summed E-state index contributed by atoms with van der Waals surface area (Å²) in [7, 11) is 3.37. The highest BCUT2D eigenvalue weighted by Crippen LogP contribution is 2.41. The number of hydrogen-bond donors (Lipinski definition) is 0. The van der Waals surface area contributed by atoms with Crippen molar-refractivity contribution in [2.45, 2.75) is 32.8 Å². The number of ether oxygens (including phenoxy) is 3. The molecule has 1 unspecified atom stereocenters. The first kappa shape index (κ1) is 25.6. The van der Waals surface area contributed by atoms with Crippen molar-refractivity contribution in [3.05, 3.63) is 53.3 Å². The molecule has 2 aliphatic heterocycles. The molecule has 4 rings (SSSR count). The highest BCUT2D eigenvalue weighted by Gasteiger charge is 2.31. The molecule has 2 aromatic carbocycles. The van der Waals surface area contributed by atoms with Crippen LogP contribution in [0.1, 0.15) is 37.5 Å². The molecule has 0 spiro atoms. The normalized spacial score (nSPS) is 20.4. The van der Waals surface area contributed by atoms with Crippen LogP contribution in [0.2, 0.25) is 0 Å². The molecule has 0 saturated carbocycles. The Morgan fingerprint density at radius 1 is 1.00 bits per heavy atom. The largest absolute Gasteiger partial charge is 0.493 e. The summed E-state index contributed by atoms with van der Waals surface area (Å²) in [5.41, 5.74) is 3.67. The standard InChI is InChI=1S/C26H35FN2O3.ClH/c1-26(2)17-19-15-24(30-3)25(31-4)16-22(19)23(32-18-26)9-10-28-11-13-29(14-12-28)21-7-5-20(27)6-8-21;/h5-8,15-16,23H,9-14,17-18H2,1-4H3;1H. The van der Waals surface area contributed by atoms with Gasteiger partial charge in [0.05, 0.1) is 26.9 Å². The van der Waals surface area contributed by atoms with E-state index in [0.29, 0.717) is 0 Å². The lowest BCUT2D eigenvalue weighted by Crippen LogP contribution is -2.46. The number of fused-ring (bicyclic) bond motifs is 1. The van der Waals surface area contributed by atoms with Crippen LogP contribution in [0.3, 0.4) is 0 Å². The van der Waals surface area contributed by atoms with Crippen LogP contribution >= 0.6 is 12.4 Å². The Morgan fingerprint density at radius 2 is 1.64 bits per heavy atom. The second-order valence-electron chi connectivity index (χ2n) is 9.64. The van der Waals surface area contributed by atoms with Crippen molar-refractivity contribution >= 4 is 18.1 Å². The van der Waals surface area contributed by atoms with Crippen molar-refractivity contribution < 1.29 is 18.6 Å². The zero-order chi connectivity index (χ0) is 22.7. The second kappa shape index (κ2) is 10.9. The molecule has 1 fully saturated rings. The average Bonchev–Trinajstić information content (AvgIpc) is 2.92. The fraction of sp³-hybridized carbons (Fsp3) is 0.538. The second-order valence-corrected chi connectivity index (χ2v) is 9.64. The van der Waals surface area contributed by atoms with Crippen LogP contribution in [0.15, 0.2) is 36.4 Å². The van der Waals surface area contributed by atoms with Gasteiger partial charge in [0, 0.05) is 38.4 Å². The molecule has 33 heavy (non-hydrogen) atoms. The molecular weight excluding hydrogens is 443 g/mol. The lowest BCUT2D eigenvalue weighted by atomic mass is 9.85. The van der Waals surface area contributed by atoms with Crippen LogP contribution in [0, 0.1) is 11.2 Å². The number of piperazine rings is 1. The topological polar surface area (TPSA) is 34.2 Å². The van der Waals surface area contributed by atoms with Gasteiger partial charge in [0.25, 0.3) is 0 Å². The van der Waals surface area contributed by atoms with Gasteiger partial charge in [0.15, 0.2) is 11.5 Å². The molecule has 0 aromatic heterocycles. The Hall–Kier alpha value is -2.02. The number of benzene rings is 2. The molecule has 1 atom stereocenters. The van der Waals surface area contributed by atoms with Crippen LogP contribution in [-0.4, -0.2) is 58.5 Å². The van der Waals surface area contributed by atoms with Gasteiger partial charge in [-0.15, -0.1) is 12.4 Å². The van der Waals surface area contributed by atoms with Gasteiger partial charge in [-0.2, -0.15) is 0 Å². The van der Waals surface area contributed by atoms with Crippen molar-refractivity contribution in [2.75, 3.05) is 58.5 Å². The van der Waals surface area contributed by atoms with E-state index in [1.165, 1.54) is 23.3 Å². The lowest BCUT2D eigenvalue weighted by molar-refractivity contribution is 0.000909. The summed E-state index contributed by atoms with van der Waals surface area (Å²) in [6.07, 6.45) is 1.94. The summed E-state index contributed by atoms with van der Waals surface area (Å²) in [6.45, 7) is 10.1. The minimum Gasteiger partial charge on any atom is -0.493 e. The first-order valence-corrected chi connectivity index (χ1v) is 11.5. The van der Waals surface area contributed by atoms with Crippen LogP contribution in [-0.2, 0) is 11.2 Å². The quantitative estimate of drug-likeness (QED) is 0.576. The first-order chi connectivity index (χ1) is 15.4. The highest BCUT2D eigenvalue weighted by molar-refractivity contribution is 5.85. The number of nitrogens with zero attached hydrogens (tertiary/aromatic N) is 2. The zero-order valence-electron chi connectivity index (χ0n) is 20.1. The molecule has 0 N–H and O–H groups in total. The Kier molecular flexibility index (Phi) is 8.48. The molecular formula is C26H36ClFN2O3. The first-order valence-electron chi connectivity index (χ1n) is 11.5. The van der Waals surface area contributed by atoms with Gasteiger partial charge in [-0.25, -0.2) is 4.39 Å². The number of anilines is 1. The third-order valence-corrected chi connectivity index (χ3v) is 6.61. The molecule has 2 aliphatic rings. The molecule has 2 heterocycles. The van der Waals surface area contributed by atoms with Crippen molar-refractivity contribution in [1.82, 2.24) is 4.90 Å². The maximum absolute atomic E-state index is 13.2. The molecule has 5 nitrogen and oxygen atoms in total. The third kappa shape index (κ3) is 6.11. The smallest absolute Gasteiger partial charge is 0.161 e. The van der Waals surface area contributed by atoms with Crippen molar-refractivity contribution in [2.24, 2.45) is 5.41 Å². The van der Waals surface area contributed by atoms with E-state index >= 15 is 0 Å². The van der Waals surface area contributed by atoms with Gasteiger partial charge in [0.2, 0.25) is 0 Å². The van der Waals surface area contributed by atoms with E-state index in [1.807, 2.05) is 12.1 Å². The van der Waals surface area contributed by atoms with Gasteiger partial charge < -0.3 is 19.1 Å². The van der Waals surface area contributed by atoms with E-state index in [2.05, 4.69) is 35.8 Å². The monoisotopic (exact) mass is 478 g/mol. The van der Waals surface area contributed by atoms with Gasteiger partial charge >= 0.3 is 0 Å². The molecule has 0 amide bonds. The summed E-state index contributed by atoms with van der Waals surface area (Å²) in [4.78, 5) is 4.83. The Labute approximate surface area is 203 Å². The summed E-state index contributed by atoms with van der Waals surface area (Å²) in [5.74, 6) is 1.35. The summed E-state index contributed by atoms with van der Waals surface area (Å²) in [5, 5.41) is 0. The van der Waals surface area contributed by atoms with Gasteiger partial charge in [-0.05, 0) is 65.8 Å². The minimum atomic E-state index is -0.187. The number of methoxy groups -OCH3 is 2. The van der Waals surface area contributed by atoms with E-state index in [4.69, 9.17) is 14.2 Å². The van der Waals surface area contributed by atoms with E-state index in [9.17, 15) is 4.39 Å². The van der Waals surface area contributed by atoms with Crippen molar-refractivity contribution in [3.8, 4) is 11.5 Å². The van der Waals surface area contributed by atoms with E-state index in [1.54, 1.807) is 14.2 Å². The Morgan fingerprint density at radius 3 is 2.27 bits per heavy atom. The molecule has 2 aromatic rings. The molecule has 0 radical (unpaired) electrons. The fourth-order valence-electron chi connectivity index (χ4n) is 4.79. The number of hydrogen-bond acceptors (Lipinski definition) is 5. The molecule has 0 aliphatic carbocycles. The highest BCUT2D eigenvalue weighted by atomic mass is 35.5. The molecule has 1 saturated heterocycles. The minimum absolute atomic E-state index is 0. The maximum Gasteiger partial charge on any atom is 0.161 e. The molecule has 0 bridgehead atoms. The van der Waals surface area contributed by atoms with E-state index in [0.717, 1.165) is 69.4 Å². The van der Waals surface area contributed by atoms with Crippen LogP contribution in [0.5, 0.6) is 11.5 Å². The predicted molar refractivity (Wildman–Crippen MR) is 133 cm³/mol. The summed E-state index contributed by atoms with van der Waals surface area (Å²) in [6, 6.07) is 11.0. The van der Waals surface area contributed by atoms with Crippen LogP contribution < -0.4 is 14.4 Å². The van der Waals surface area contributed by atoms with E-state index in [-0.39, 0.29) is 29.7 Å². The number of rotatable bonds is 6. The van der Waals surface area contributed by atoms with Gasteiger partial charge in [0.1, 0.15) is 5.82 Å². The summed E-state index contributed by atoms with van der Waals surface area (Å²) >= 11 is 0. The summed E-state index contributed by atoms with van der Waals surface area (Å²) < 4.78 is 30.8. The Balaban J connectivity index is 0.00000306. The van der Waals surface area contributed by atoms with Crippen molar-refractivity contribution in [3.63, 3.8) is 0 Å². The predicted octanol–water partition coefficient (Wildman–Crippen LogP) is 5.12.